The SMILES string of the molecule is Cn1ccn(-c2ccc(Cc3ccccc3)cc2)c1=O. The number of aromatic nitrogens is 2. The Morgan fingerprint density at radius 3 is 2.10 bits per heavy atom. The summed E-state index contributed by atoms with van der Waals surface area (Å²) in [6.45, 7) is 0. The van der Waals surface area contributed by atoms with Crippen molar-refractivity contribution in [3.63, 3.8) is 0 Å². The van der Waals surface area contributed by atoms with Gasteiger partial charge in [-0.25, -0.2) is 4.79 Å². The summed E-state index contributed by atoms with van der Waals surface area (Å²) in [7, 11) is 1.75. The molecule has 100 valence electrons. The number of aryl methyl sites for hydroxylation is 1. The minimum absolute atomic E-state index is 0.0270. The van der Waals surface area contributed by atoms with E-state index in [-0.39, 0.29) is 5.69 Å². The lowest BCUT2D eigenvalue weighted by Gasteiger charge is -2.05. The van der Waals surface area contributed by atoms with Crippen LogP contribution in [0.2, 0.25) is 0 Å². The van der Waals surface area contributed by atoms with Crippen LogP contribution in [0.25, 0.3) is 5.69 Å². The molecule has 3 nitrogen and oxygen atoms in total. The Morgan fingerprint density at radius 2 is 1.50 bits per heavy atom. The van der Waals surface area contributed by atoms with E-state index in [9.17, 15) is 4.79 Å². The van der Waals surface area contributed by atoms with Crippen molar-refractivity contribution in [3.8, 4) is 5.69 Å². The number of hydrogen-bond donors (Lipinski definition) is 0. The molecular formula is C17H16N2O. The average Bonchev–Trinajstić information content (AvgIpc) is 2.81. The van der Waals surface area contributed by atoms with Crippen molar-refractivity contribution in [1.29, 1.82) is 0 Å². The molecule has 0 fully saturated rings. The van der Waals surface area contributed by atoms with Crippen molar-refractivity contribution in [2.24, 2.45) is 7.05 Å². The number of rotatable bonds is 3. The lowest BCUT2D eigenvalue weighted by molar-refractivity contribution is 0.824. The fraction of sp³-hybridized carbons (Fsp3) is 0.118. The van der Waals surface area contributed by atoms with E-state index in [1.54, 1.807) is 28.6 Å². The second-order valence-electron chi connectivity index (χ2n) is 4.89. The third-order valence-electron chi connectivity index (χ3n) is 3.41. The molecule has 0 aliphatic heterocycles. The molecule has 0 aliphatic carbocycles. The molecule has 3 heteroatoms. The largest absolute Gasteiger partial charge is 0.332 e. The molecule has 0 N–H and O–H groups in total. The van der Waals surface area contributed by atoms with Crippen LogP contribution in [0, 0.1) is 0 Å². The summed E-state index contributed by atoms with van der Waals surface area (Å²) in [4.78, 5) is 11.9. The van der Waals surface area contributed by atoms with Gasteiger partial charge in [-0.2, -0.15) is 0 Å². The van der Waals surface area contributed by atoms with Gasteiger partial charge in [0, 0.05) is 19.4 Å². The van der Waals surface area contributed by atoms with Crippen molar-refractivity contribution >= 4 is 0 Å². The molecule has 2 aromatic carbocycles. The Morgan fingerprint density at radius 1 is 0.850 bits per heavy atom. The van der Waals surface area contributed by atoms with E-state index in [4.69, 9.17) is 0 Å². The average molecular weight is 264 g/mol. The van der Waals surface area contributed by atoms with Gasteiger partial charge in [0.05, 0.1) is 5.69 Å². The van der Waals surface area contributed by atoms with Crippen LogP contribution in [-0.4, -0.2) is 9.13 Å². The van der Waals surface area contributed by atoms with Gasteiger partial charge < -0.3 is 4.57 Å². The van der Waals surface area contributed by atoms with Crippen LogP contribution in [-0.2, 0) is 13.5 Å². The molecule has 0 amide bonds. The second kappa shape index (κ2) is 5.21. The third-order valence-corrected chi connectivity index (χ3v) is 3.41. The van der Waals surface area contributed by atoms with Gasteiger partial charge in [-0.15, -0.1) is 0 Å². The van der Waals surface area contributed by atoms with Crippen LogP contribution in [0.5, 0.6) is 0 Å². The molecule has 1 aromatic heterocycles. The fourth-order valence-electron chi connectivity index (χ4n) is 2.27. The van der Waals surface area contributed by atoms with Crippen LogP contribution in [0.15, 0.2) is 71.8 Å². The molecule has 0 saturated carbocycles. The first kappa shape index (κ1) is 12.5. The van der Waals surface area contributed by atoms with E-state index in [1.807, 2.05) is 30.3 Å². The van der Waals surface area contributed by atoms with E-state index >= 15 is 0 Å². The monoisotopic (exact) mass is 264 g/mol. The van der Waals surface area contributed by atoms with Crippen molar-refractivity contribution in [1.82, 2.24) is 9.13 Å². The fourth-order valence-corrected chi connectivity index (χ4v) is 2.27. The molecule has 0 spiro atoms. The highest BCUT2D eigenvalue weighted by Gasteiger charge is 2.03. The molecular weight excluding hydrogens is 248 g/mol. The maximum atomic E-state index is 11.9. The summed E-state index contributed by atoms with van der Waals surface area (Å²) in [5, 5.41) is 0. The smallest absolute Gasteiger partial charge is 0.302 e. The van der Waals surface area contributed by atoms with Gasteiger partial charge >= 0.3 is 5.69 Å². The van der Waals surface area contributed by atoms with Crippen molar-refractivity contribution in [2.75, 3.05) is 0 Å². The molecule has 0 bridgehead atoms. The van der Waals surface area contributed by atoms with Gasteiger partial charge in [0.15, 0.2) is 0 Å². The Labute approximate surface area is 117 Å². The maximum absolute atomic E-state index is 11.9. The molecule has 0 radical (unpaired) electrons. The highest BCUT2D eigenvalue weighted by Crippen LogP contribution is 2.12. The number of imidazole rings is 1. The van der Waals surface area contributed by atoms with E-state index in [2.05, 4.69) is 24.3 Å². The van der Waals surface area contributed by atoms with Gasteiger partial charge in [0.2, 0.25) is 0 Å². The lowest BCUT2D eigenvalue weighted by atomic mass is 10.0. The standard InChI is InChI=1S/C17H16N2O/c1-18-11-12-19(17(18)20)16-9-7-15(8-10-16)13-14-5-3-2-4-6-14/h2-12H,13H2,1H3. The summed E-state index contributed by atoms with van der Waals surface area (Å²) < 4.78 is 3.21. The predicted molar refractivity (Wildman–Crippen MR) is 80.3 cm³/mol. The quantitative estimate of drug-likeness (QED) is 0.714. The predicted octanol–water partition coefficient (Wildman–Crippen LogP) is 2.77. The first-order valence-corrected chi connectivity index (χ1v) is 6.61. The van der Waals surface area contributed by atoms with Crippen molar-refractivity contribution in [3.05, 3.63) is 88.6 Å². The molecule has 1 heterocycles. The van der Waals surface area contributed by atoms with Crippen LogP contribution < -0.4 is 5.69 Å². The Bertz CT molecular complexity index is 752. The molecule has 3 rings (SSSR count). The van der Waals surface area contributed by atoms with Gasteiger partial charge in [-0.3, -0.25) is 4.57 Å². The maximum Gasteiger partial charge on any atom is 0.332 e. The van der Waals surface area contributed by atoms with Crippen LogP contribution >= 0.6 is 0 Å². The molecule has 3 aromatic rings. The number of benzene rings is 2. The first-order chi connectivity index (χ1) is 9.74. The zero-order valence-corrected chi connectivity index (χ0v) is 11.4. The van der Waals surface area contributed by atoms with Crippen molar-refractivity contribution in [2.45, 2.75) is 6.42 Å². The van der Waals surface area contributed by atoms with E-state index in [0.717, 1.165) is 12.1 Å². The summed E-state index contributed by atoms with van der Waals surface area (Å²) >= 11 is 0. The Hall–Kier alpha value is -2.55. The molecule has 0 aliphatic rings. The van der Waals surface area contributed by atoms with Gasteiger partial charge in [0.1, 0.15) is 0 Å². The Balaban J connectivity index is 1.85. The number of hydrogen-bond acceptors (Lipinski definition) is 1. The summed E-state index contributed by atoms with van der Waals surface area (Å²) in [6.07, 6.45) is 4.46. The molecule has 0 atom stereocenters. The summed E-state index contributed by atoms with van der Waals surface area (Å²) in [5.41, 5.74) is 3.40. The van der Waals surface area contributed by atoms with E-state index in [1.165, 1.54) is 11.1 Å². The molecule has 0 saturated heterocycles. The number of nitrogens with zero attached hydrogens (tertiary/aromatic N) is 2. The minimum Gasteiger partial charge on any atom is -0.302 e. The molecule has 0 unspecified atom stereocenters. The minimum atomic E-state index is -0.0270. The topological polar surface area (TPSA) is 26.9 Å². The van der Waals surface area contributed by atoms with E-state index in [0.29, 0.717) is 0 Å². The zero-order chi connectivity index (χ0) is 13.9. The van der Waals surface area contributed by atoms with Crippen LogP contribution in [0.4, 0.5) is 0 Å². The normalized spacial score (nSPS) is 10.7. The molecule has 20 heavy (non-hydrogen) atoms. The van der Waals surface area contributed by atoms with Gasteiger partial charge in [-0.1, -0.05) is 42.5 Å². The highest BCUT2D eigenvalue weighted by molar-refractivity contribution is 5.36. The van der Waals surface area contributed by atoms with Crippen LogP contribution in [0.1, 0.15) is 11.1 Å². The summed E-state index contributed by atoms with van der Waals surface area (Å²) in [6, 6.07) is 18.5. The van der Waals surface area contributed by atoms with Crippen LogP contribution in [0.3, 0.4) is 0 Å². The van der Waals surface area contributed by atoms with Gasteiger partial charge in [-0.05, 0) is 29.7 Å². The summed E-state index contributed by atoms with van der Waals surface area (Å²) in [5.74, 6) is 0. The van der Waals surface area contributed by atoms with Gasteiger partial charge in [0.25, 0.3) is 0 Å². The first-order valence-electron chi connectivity index (χ1n) is 6.61. The second-order valence-corrected chi connectivity index (χ2v) is 4.89. The highest BCUT2D eigenvalue weighted by atomic mass is 16.1. The van der Waals surface area contributed by atoms with Crippen molar-refractivity contribution < 1.29 is 0 Å². The lowest BCUT2D eigenvalue weighted by Crippen LogP contribution is -2.20. The Kier molecular flexibility index (Phi) is 3.25. The zero-order valence-electron chi connectivity index (χ0n) is 11.4. The third kappa shape index (κ3) is 2.43. The van der Waals surface area contributed by atoms with E-state index < -0.39 is 0 Å².